The minimum atomic E-state index is -0.321. The Morgan fingerprint density at radius 2 is 1.70 bits per heavy atom. The summed E-state index contributed by atoms with van der Waals surface area (Å²) in [6.45, 7) is 3.40. The molecular weight excluding hydrogens is 416 g/mol. The van der Waals surface area contributed by atoms with Crippen LogP contribution in [-0.4, -0.2) is 39.1 Å². The van der Waals surface area contributed by atoms with Crippen molar-refractivity contribution in [1.82, 2.24) is 14.7 Å². The Balaban J connectivity index is 1.29. The molecule has 0 fully saturated rings. The average Bonchev–Trinajstić information content (AvgIpc) is 3.18. The van der Waals surface area contributed by atoms with Crippen LogP contribution in [-0.2, 0) is 30.7 Å². The van der Waals surface area contributed by atoms with E-state index in [0.717, 1.165) is 24.1 Å². The lowest BCUT2D eigenvalue weighted by atomic mass is 10.00. The number of carbonyl (C=O) groups excluding carboxylic acids is 2. The van der Waals surface area contributed by atoms with Crippen molar-refractivity contribution in [3.8, 4) is 0 Å². The zero-order chi connectivity index (χ0) is 22.9. The largest absolute Gasteiger partial charge is 0.338 e. The molecule has 2 aliphatic rings. The van der Waals surface area contributed by atoms with Gasteiger partial charge in [-0.25, -0.2) is 4.68 Å². The number of aryl methyl sites for hydroxylation is 1. The first kappa shape index (κ1) is 21.1. The number of hydrogen-bond acceptors (Lipinski definition) is 4. The Bertz CT molecular complexity index is 1280. The van der Waals surface area contributed by atoms with E-state index < -0.39 is 0 Å². The van der Waals surface area contributed by atoms with Crippen molar-refractivity contribution in [2.24, 2.45) is 0 Å². The second kappa shape index (κ2) is 8.65. The molecule has 168 valence electrons. The topological polar surface area (TPSA) is 75.5 Å². The molecule has 1 atom stereocenters. The minimum Gasteiger partial charge on any atom is -0.338 e. The predicted octanol–water partition coefficient (Wildman–Crippen LogP) is 2.81. The molecule has 7 nitrogen and oxygen atoms in total. The van der Waals surface area contributed by atoms with Gasteiger partial charge in [-0.3, -0.25) is 14.4 Å². The average molecular weight is 443 g/mol. The molecule has 33 heavy (non-hydrogen) atoms. The summed E-state index contributed by atoms with van der Waals surface area (Å²) in [5.41, 5.74) is 4.34. The van der Waals surface area contributed by atoms with Gasteiger partial charge in [-0.2, -0.15) is 5.10 Å². The van der Waals surface area contributed by atoms with Crippen molar-refractivity contribution in [2.45, 2.75) is 45.3 Å². The molecule has 0 saturated carbocycles. The second-order valence-corrected chi connectivity index (χ2v) is 8.72. The van der Waals surface area contributed by atoms with Crippen LogP contribution in [0.2, 0.25) is 0 Å². The van der Waals surface area contributed by atoms with Crippen LogP contribution in [0.1, 0.15) is 40.5 Å². The molecule has 0 aliphatic carbocycles. The van der Waals surface area contributed by atoms with Crippen LogP contribution in [0, 0.1) is 0 Å². The number of aromatic nitrogens is 2. The summed E-state index contributed by atoms with van der Waals surface area (Å²) in [7, 11) is 0. The van der Waals surface area contributed by atoms with Gasteiger partial charge in [0.15, 0.2) is 0 Å². The van der Waals surface area contributed by atoms with Crippen LogP contribution in [0.25, 0.3) is 0 Å². The van der Waals surface area contributed by atoms with Gasteiger partial charge in [-0.1, -0.05) is 42.5 Å². The summed E-state index contributed by atoms with van der Waals surface area (Å²) in [5.74, 6) is -0.253. The number of carbonyl (C=O) groups is 2. The van der Waals surface area contributed by atoms with Crippen molar-refractivity contribution in [1.29, 1.82) is 0 Å². The van der Waals surface area contributed by atoms with Crippen LogP contribution in [0.15, 0.2) is 65.5 Å². The summed E-state index contributed by atoms with van der Waals surface area (Å²) in [4.78, 5) is 42.0. The zero-order valence-corrected chi connectivity index (χ0v) is 18.6. The molecule has 0 unspecified atom stereocenters. The third kappa shape index (κ3) is 4.06. The third-order valence-corrected chi connectivity index (χ3v) is 6.53. The van der Waals surface area contributed by atoms with E-state index >= 15 is 0 Å². The molecule has 3 heterocycles. The SMILES string of the molecule is C[C@H]1Cc2ccccc2N1C(=O)c1ccc(=O)n(CCC(=O)N2CCc3ccccc3C2)n1. The quantitative estimate of drug-likeness (QED) is 0.623. The van der Waals surface area contributed by atoms with Crippen LogP contribution in [0.4, 0.5) is 5.69 Å². The first-order valence-corrected chi connectivity index (χ1v) is 11.4. The number of para-hydroxylation sites is 1. The monoisotopic (exact) mass is 442 g/mol. The molecule has 2 aliphatic heterocycles. The van der Waals surface area contributed by atoms with Gasteiger partial charge >= 0.3 is 0 Å². The summed E-state index contributed by atoms with van der Waals surface area (Å²) in [5, 5.41) is 4.32. The van der Waals surface area contributed by atoms with Crippen molar-refractivity contribution >= 4 is 17.5 Å². The van der Waals surface area contributed by atoms with E-state index in [4.69, 9.17) is 0 Å². The number of amides is 2. The zero-order valence-electron chi connectivity index (χ0n) is 18.6. The summed E-state index contributed by atoms with van der Waals surface area (Å²) < 4.78 is 1.23. The number of anilines is 1. The fourth-order valence-corrected chi connectivity index (χ4v) is 4.79. The van der Waals surface area contributed by atoms with E-state index in [-0.39, 0.29) is 42.1 Å². The van der Waals surface area contributed by atoms with Gasteiger partial charge in [0.25, 0.3) is 11.5 Å². The van der Waals surface area contributed by atoms with Crippen LogP contribution < -0.4 is 10.5 Å². The van der Waals surface area contributed by atoms with E-state index in [1.54, 1.807) is 4.90 Å². The maximum absolute atomic E-state index is 13.3. The summed E-state index contributed by atoms with van der Waals surface area (Å²) in [6, 6.07) is 18.8. The minimum absolute atomic E-state index is 0.0145. The molecule has 3 aromatic rings. The van der Waals surface area contributed by atoms with E-state index in [0.29, 0.717) is 13.1 Å². The second-order valence-electron chi connectivity index (χ2n) is 8.72. The fraction of sp³-hybridized carbons (Fsp3) is 0.308. The molecule has 1 aromatic heterocycles. The molecule has 0 bridgehead atoms. The number of rotatable bonds is 4. The first-order chi connectivity index (χ1) is 16.0. The van der Waals surface area contributed by atoms with Crippen molar-refractivity contribution in [3.63, 3.8) is 0 Å². The smallest absolute Gasteiger partial charge is 0.278 e. The maximum Gasteiger partial charge on any atom is 0.278 e. The van der Waals surface area contributed by atoms with Gasteiger partial charge in [-0.15, -0.1) is 0 Å². The number of benzene rings is 2. The van der Waals surface area contributed by atoms with Gasteiger partial charge in [0.05, 0.1) is 6.54 Å². The summed E-state index contributed by atoms with van der Waals surface area (Å²) in [6.07, 6.45) is 1.78. The lowest BCUT2D eigenvalue weighted by molar-refractivity contribution is -0.132. The lowest BCUT2D eigenvalue weighted by Crippen LogP contribution is -2.38. The molecule has 0 spiro atoms. The Hall–Kier alpha value is -3.74. The predicted molar refractivity (Wildman–Crippen MR) is 125 cm³/mol. The van der Waals surface area contributed by atoms with Crippen molar-refractivity contribution in [3.05, 3.63) is 93.4 Å². The van der Waals surface area contributed by atoms with E-state index in [9.17, 15) is 14.4 Å². The molecule has 0 saturated heterocycles. The van der Waals surface area contributed by atoms with Gasteiger partial charge < -0.3 is 9.80 Å². The molecule has 5 rings (SSSR count). The lowest BCUT2D eigenvalue weighted by Gasteiger charge is -2.29. The highest BCUT2D eigenvalue weighted by atomic mass is 16.2. The highest BCUT2D eigenvalue weighted by Crippen LogP contribution is 2.32. The Morgan fingerprint density at radius 1 is 0.970 bits per heavy atom. The Morgan fingerprint density at radius 3 is 2.52 bits per heavy atom. The number of fused-ring (bicyclic) bond motifs is 2. The van der Waals surface area contributed by atoms with Crippen LogP contribution in [0.5, 0.6) is 0 Å². The number of hydrogen-bond donors (Lipinski definition) is 0. The van der Waals surface area contributed by atoms with Crippen molar-refractivity contribution < 1.29 is 9.59 Å². The normalized spacial score (nSPS) is 16.9. The standard InChI is InChI=1S/C26H26N4O3/c1-18-16-20-7-4-5-9-23(20)30(18)26(33)22-10-11-25(32)29(27-22)15-13-24(31)28-14-12-19-6-2-3-8-21(19)17-28/h2-11,18H,12-17H2,1H3/t18-/m0/s1. The highest BCUT2D eigenvalue weighted by molar-refractivity contribution is 6.06. The molecule has 2 aromatic carbocycles. The van der Waals surface area contributed by atoms with E-state index in [2.05, 4.69) is 11.2 Å². The van der Waals surface area contributed by atoms with Crippen LogP contribution in [0.3, 0.4) is 0 Å². The Labute approximate surface area is 192 Å². The van der Waals surface area contributed by atoms with Gasteiger partial charge in [-0.05, 0) is 48.6 Å². The van der Waals surface area contributed by atoms with Gasteiger partial charge in [0, 0.05) is 37.3 Å². The fourth-order valence-electron chi connectivity index (χ4n) is 4.79. The molecule has 2 amide bonds. The number of nitrogens with zero attached hydrogens (tertiary/aromatic N) is 4. The van der Waals surface area contributed by atoms with Crippen molar-refractivity contribution in [2.75, 3.05) is 11.4 Å². The Kier molecular flexibility index (Phi) is 5.54. The van der Waals surface area contributed by atoms with E-state index in [1.807, 2.05) is 54.3 Å². The molecule has 0 N–H and O–H groups in total. The molecule has 7 heteroatoms. The van der Waals surface area contributed by atoms with Gasteiger partial charge in [0.2, 0.25) is 5.91 Å². The van der Waals surface area contributed by atoms with E-state index in [1.165, 1.54) is 27.9 Å². The first-order valence-electron chi connectivity index (χ1n) is 11.4. The summed E-state index contributed by atoms with van der Waals surface area (Å²) >= 11 is 0. The van der Waals surface area contributed by atoms with Gasteiger partial charge in [0.1, 0.15) is 5.69 Å². The maximum atomic E-state index is 13.3. The third-order valence-electron chi connectivity index (χ3n) is 6.53. The molecular formula is C26H26N4O3. The van der Waals surface area contributed by atoms with Crippen LogP contribution >= 0.6 is 0 Å². The molecule has 0 radical (unpaired) electrons. The highest BCUT2D eigenvalue weighted by Gasteiger charge is 2.32.